The molecular weight excluding hydrogens is 671 g/mol. The molecule has 0 saturated heterocycles. The van der Waals surface area contributed by atoms with Crippen LogP contribution >= 0.6 is 0 Å². The third-order valence-corrected chi connectivity index (χ3v) is 10.5. The van der Waals surface area contributed by atoms with Crippen molar-refractivity contribution in [3.8, 4) is 0 Å². The Hall–Kier alpha value is -1.97. The lowest BCUT2D eigenvalue weighted by Crippen LogP contribution is -2.48. The normalized spacial score (nSPS) is 13.7. The molecule has 304 valence electrons. The van der Waals surface area contributed by atoms with E-state index in [-0.39, 0.29) is 11.9 Å². The molecule has 0 aromatic carbocycles. The molecule has 0 spiro atoms. The highest BCUT2D eigenvalue weighted by molar-refractivity contribution is 7.80. The minimum absolute atomic E-state index is 0.166. The smallest absolute Gasteiger partial charge is 0.241 e. The Bertz CT molecular complexity index is 1070. The summed E-state index contributed by atoms with van der Waals surface area (Å²) in [6.07, 6.45) is 50.3. The Morgan fingerprint density at radius 3 is 1.52 bits per heavy atom. The topological polar surface area (TPSA) is 115 Å². The Kier molecular flexibility index (Phi) is 34.7. The van der Waals surface area contributed by atoms with Crippen molar-refractivity contribution in [1.29, 1.82) is 0 Å². The maximum Gasteiger partial charge on any atom is 0.241 e. The second-order valence-electron chi connectivity index (χ2n) is 14.8. The molecule has 1 amide bonds. The zero-order valence-corrected chi connectivity index (χ0v) is 35.1. The highest BCUT2D eigenvalue weighted by Crippen LogP contribution is 2.23. The number of imidazole rings is 1. The summed E-state index contributed by atoms with van der Waals surface area (Å²) in [5.74, 6) is 0.600. The van der Waals surface area contributed by atoms with Crippen molar-refractivity contribution in [3.05, 3.63) is 43.0 Å². The standard InChI is InChI=1S/C42H77N3O.CH4O4S/c1-5-7-9-11-13-15-17-19-21-23-25-27-29-31-33-35-42(46)44-40(4)39(3)41(45-37-36-43-38-45)34-32-30-28-26-24-22-20-18-16-14-12-10-8-6-2;1-5-6(2,3)4/h19-22,36-41H,5-18,23-35H2,1-4H3,(H,44,46);1H3,(H,2,3,4)/b21-19-,22-20-;. The fraction of sp³-hybridized carbons (Fsp3) is 0.814. The van der Waals surface area contributed by atoms with Crippen LogP contribution in [-0.4, -0.2) is 37.0 Å². The summed E-state index contributed by atoms with van der Waals surface area (Å²) in [5, 5.41) is 3.34. The lowest BCUT2D eigenvalue weighted by Gasteiger charge is -2.27. The van der Waals surface area contributed by atoms with Crippen molar-refractivity contribution < 1.29 is 26.5 Å². The highest BCUT2D eigenvalue weighted by atomic mass is 32.3. The zero-order valence-electron chi connectivity index (χ0n) is 34.3. The van der Waals surface area contributed by atoms with Crippen LogP contribution in [-0.2, 0) is 19.4 Å². The Labute approximate surface area is 321 Å². The molecule has 52 heavy (non-hydrogen) atoms. The number of nitrogens with zero attached hydrogens (tertiary/aromatic N) is 1. The molecule has 0 aliphatic heterocycles. The minimum atomic E-state index is -4.41. The number of carbonyl (C=O) groups excluding carboxylic acids is 1. The maximum absolute atomic E-state index is 12.8. The number of unbranched alkanes of at least 4 members (excludes halogenated alkanes) is 21. The second-order valence-corrected chi connectivity index (χ2v) is 15.9. The summed E-state index contributed by atoms with van der Waals surface area (Å²) >= 11 is 0. The number of H-pyrrole nitrogens is 1. The second kappa shape index (κ2) is 36.0. The fourth-order valence-corrected chi connectivity index (χ4v) is 6.59. The number of allylic oxidation sites excluding steroid dienone is 4. The number of nitrogens with one attached hydrogen (secondary N) is 2. The number of hydrogen-bond donors (Lipinski definition) is 2. The van der Waals surface area contributed by atoms with Gasteiger partial charge >= 0.3 is 0 Å². The quantitative estimate of drug-likeness (QED) is 0.0239. The monoisotopic (exact) mass is 752 g/mol. The molecule has 2 N–H and O–H groups in total. The number of carbonyl (C=O) groups is 1. The van der Waals surface area contributed by atoms with Crippen molar-refractivity contribution in [1.82, 2.24) is 10.3 Å². The number of aromatic amines is 1. The fourth-order valence-electron chi connectivity index (χ4n) is 6.59. The lowest BCUT2D eigenvalue weighted by molar-refractivity contribution is -0.729. The molecule has 0 aliphatic rings. The summed E-state index contributed by atoms with van der Waals surface area (Å²) in [7, 11) is -3.60. The average Bonchev–Trinajstić information content (AvgIpc) is 3.66. The molecule has 3 atom stereocenters. The van der Waals surface area contributed by atoms with Gasteiger partial charge in [0.1, 0.15) is 18.4 Å². The van der Waals surface area contributed by atoms with Gasteiger partial charge in [-0.05, 0) is 77.6 Å². The summed E-state index contributed by atoms with van der Waals surface area (Å²) in [6, 6.07) is 0.568. The first-order valence-corrected chi connectivity index (χ1v) is 22.6. The highest BCUT2D eigenvalue weighted by Gasteiger charge is 2.28. The van der Waals surface area contributed by atoms with Crippen LogP contribution in [0.1, 0.15) is 207 Å². The van der Waals surface area contributed by atoms with Crippen LogP contribution in [0.2, 0.25) is 0 Å². The van der Waals surface area contributed by atoms with E-state index in [0.717, 1.165) is 26.4 Å². The van der Waals surface area contributed by atoms with Crippen LogP contribution in [0, 0.1) is 5.92 Å². The third-order valence-electron chi connectivity index (χ3n) is 10.1. The lowest BCUT2D eigenvalue weighted by atomic mass is 9.90. The molecule has 0 saturated carbocycles. The first kappa shape index (κ1) is 50.0. The number of hydrogen-bond acceptors (Lipinski definition) is 5. The van der Waals surface area contributed by atoms with Crippen LogP contribution in [0.25, 0.3) is 0 Å². The van der Waals surface area contributed by atoms with Gasteiger partial charge in [-0.3, -0.25) is 14.0 Å². The SMILES string of the molecule is CCCCCCCC/C=C\CCCCCCCC(=O)NC(C)C(C)C(CCCCCC/C=C\CCCCCCCC)[n+]1cc[nH]c1.COS(=O)(=O)[O-]. The minimum Gasteiger partial charge on any atom is -0.726 e. The summed E-state index contributed by atoms with van der Waals surface area (Å²) in [6.45, 7) is 9.07. The van der Waals surface area contributed by atoms with Gasteiger partial charge in [-0.15, -0.1) is 0 Å². The van der Waals surface area contributed by atoms with Gasteiger partial charge in [-0.1, -0.05) is 141 Å². The molecule has 1 rings (SSSR count). The predicted molar refractivity (Wildman–Crippen MR) is 218 cm³/mol. The van der Waals surface area contributed by atoms with Gasteiger partial charge in [0.2, 0.25) is 22.6 Å². The average molecular weight is 752 g/mol. The van der Waals surface area contributed by atoms with E-state index in [9.17, 15) is 17.8 Å². The van der Waals surface area contributed by atoms with Gasteiger partial charge in [-0.2, -0.15) is 0 Å². The molecule has 0 radical (unpaired) electrons. The third kappa shape index (κ3) is 32.7. The van der Waals surface area contributed by atoms with Crippen LogP contribution in [0.5, 0.6) is 0 Å². The van der Waals surface area contributed by atoms with Gasteiger partial charge < -0.3 is 9.87 Å². The van der Waals surface area contributed by atoms with Gasteiger partial charge in [0, 0.05) is 18.4 Å². The molecule has 1 heterocycles. The maximum atomic E-state index is 12.8. The van der Waals surface area contributed by atoms with E-state index in [1.54, 1.807) is 0 Å². The first-order chi connectivity index (χ1) is 25.2. The van der Waals surface area contributed by atoms with Crippen molar-refractivity contribution in [2.75, 3.05) is 7.11 Å². The predicted octanol–water partition coefficient (Wildman–Crippen LogP) is 11.8. The number of amides is 1. The van der Waals surface area contributed by atoms with Gasteiger partial charge in [0.15, 0.2) is 0 Å². The van der Waals surface area contributed by atoms with Crippen molar-refractivity contribution in [2.45, 2.75) is 213 Å². The molecule has 1 aromatic rings. The van der Waals surface area contributed by atoms with E-state index in [1.165, 1.54) is 148 Å². The molecule has 1 aromatic heterocycles. The summed E-state index contributed by atoms with van der Waals surface area (Å²) < 4.78 is 33.3. The summed E-state index contributed by atoms with van der Waals surface area (Å²) in [4.78, 5) is 16.0. The van der Waals surface area contributed by atoms with E-state index in [0.29, 0.717) is 18.4 Å². The van der Waals surface area contributed by atoms with E-state index in [2.05, 4.69) is 83.6 Å². The van der Waals surface area contributed by atoms with Crippen molar-refractivity contribution in [2.24, 2.45) is 5.92 Å². The van der Waals surface area contributed by atoms with Gasteiger partial charge in [-0.25, -0.2) is 13.0 Å². The zero-order chi connectivity index (χ0) is 38.5. The van der Waals surface area contributed by atoms with E-state index in [4.69, 9.17) is 0 Å². The van der Waals surface area contributed by atoms with Crippen LogP contribution in [0.15, 0.2) is 43.0 Å². The molecule has 3 unspecified atom stereocenters. The number of rotatable bonds is 34. The van der Waals surface area contributed by atoms with Crippen molar-refractivity contribution >= 4 is 16.3 Å². The van der Waals surface area contributed by atoms with Crippen LogP contribution in [0.4, 0.5) is 0 Å². The Morgan fingerprint density at radius 1 is 0.712 bits per heavy atom. The van der Waals surface area contributed by atoms with Crippen molar-refractivity contribution in [3.63, 3.8) is 0 Å². The van der Waals surface area contributed by atoms with Crippen LogP contribution in [0.3, 0.4) is 0 Å². The molecule has 0 aliphatic carbocycles. The largest absolute Gasteiger partial charge is 0.726 e. The Morgan fingerprint density at radius 2 is 1.12 bits per heavy atom. The van der Waals surface area contributed by atoms with Gasteiger partial charge in [0.05, 0.1) is 7.11 Å². The molecule has 9 heteroatoms. The molecular formula is C43H81N3O5S. The van der Waals surface area contributed by atoms with E-state index < -0.39 is 10.4 Å². The van der Waals surface area contributed by atoms with Gasteiger partial charge in [0.25, 0.3) is 0 Å². The molecule has 0 bridgehead atoms. The number of aromatic nitrogens is 2. The van der Waals surface area contributed by atoms with E-state index in [1.807, 2.05) is 6.20 Å². The molecule has 0 fully saturated rings. The van der Waals surface area contributed by atoms with E-state index >= 15 is 0 Å². The Balaban J connectivity index is 0.00000397. The molecule has 8 nitrogen and oxygen atoms in total. The summed E-state index contributed by atoms with van der Waals surface area (Å²) in [5.41, 5.74) is 0. The first-order valence-electron chi connectivity index (χ1n) is 21.3. The van der Waals surface area contributed by atoms with Crippen LogP contribution < -0.4 is 9.88 Å².